The molecule has 2 aromatic rings. The predicted octanol–water partition coefficient (Wildman–Crippen LogP) is 1.66. The lowest BCUT2D eigenvalue weighted by molar-refractivity contribution is 0.847. The van der Waals surface area contributed by atoms with Crippen molar-refractivity contribution in [3.63, 3.8) is 0 Å². The van der Waals surface area contributed by atoms with Gasteiger partial charge in [0.15, 0.2) is 0 Å². The molecule has 0 bridgehead atoms. The molecule has 0 aromatic carbocycles. The Balaban J connectivity index is 2.06. The van der Waals surface area contributed by atoms with Crippen molar-refractivity contribution in [1.29, 1.82) is 5.26 Å². The molecule has 0 spiro atoms. The zero-order valence-electron chi connectivity index (χ0n) is 10.5. The molecule has 0 amide bonds. The van der Waals surface area contributed by atoms with Gasteiger partial charge in [-0.1, -0.05) is 0 Å². The smallest absolute Gasteiger partial charge is 0.146 e. The number of nitrogens with one attached hydrogen (secondary N) is 1. The maximum absolute atomic E-state index is 8.89. The Hall–Kier alpha value is -2.35. The molecule has 0 unspecified atom stereocenters. The Morgan fingerprint density at radius 2 is 2.28 bits per heavy atom. The summed E-state index contributed by atoms with van der Waals surface area (Å²) in [5, 5.41) is 8.89. The summed E-state index contributed by atoms with van der Waals surface area (Å²) >= 11 is 0. The molecular weight excluding hydrogens is 226 g/mol. The van der Waals surface area contributed by atoms with Crippen molar-refractivity contribution in [3.8, 4) is 6.07 Å². The largest absolute Gasteiger partial charge is 0.367 e. The van der Waals surface area contributed by atoms with Gasteiger partial charge in [0.25, 0.3) is 0 Å². The van der Waals surface area contributed by atoms with Gasteiger partial charge in [-0.2, -0.15) is 5.26 Å². The van der Waals surface area contributed by atoms with Crippen molar-refractivity contribution in [3.05, 3.63) is 41.6 Å². The summed E-state index contributed by atoms with van der Waals surface area (Å²) in [7, 11) is 1.97. The van der Waals surface area contributed by atoms with Gasteiger partial charge in [0.2, 0.25) is 0 Å². The van der Waals surface area contributed by atoms with Crippen LogP contribution in [-0.2, 0) is 6.42 Å². The van der Waals surface area contributed by atoms with Crippen molar-refractivity contribution >= 4 is 5.82 Å². The molecule has 92 valence electrons. The molecule has 0 saturated carbocycles. The van der Waals surface area contributed by atoms with E-state index in [-0.39, 0.29) is 0 Å². The Morgan fingerprint density at radius 1 is 1.44 bits per heavy atom. The summed E-state index contributed by atoms with van der Waals surface area (Å²) in [5.74, 6) is 1.41. The molecule has 0 saturated heterocycles. The predicted molar refractivity (Wildman–Crippen MR) is 69.3 cm³/mol. The van der Waals surface area contributed by atoms with E-state index in [1.165, 1.54) is 5.56 Å². The summed E-state index contributed by atoms with van der Waals surface area (Å²) in [6.07, 6.45) is 4.84. The number of aryl methyl sites for hydroxylation is 1. The van der Waals surface area contributed by atoms with Gasteiger partial charge < -0.3 is 9.88 Å². The van der Waals surface area contributed by atoms with E-state index in [2.05, 4.69) is 21.0 Å². The number of nitriles is 1. The number of nitrogens with zero attached hydrogens (tertiary/aromatic N) is 4. The number of likely N-dealkylation sites (N-methyl/N-ethyl adjacent to an activating group) is 1. The first-order valence-electron chi connectivity index (χ1n) is 5.77. The average molecular weight is 241 g/mol. The molecule has 0 fully saturated rings. The van der Waals surface area contributed by atoms with Gasteiger partial charge in [-0.15, -0.1) is 0 Å². The molecule has 2 rings (SSSR count). The SMILES string of the molecule is Cc1nc(C#N)cc(N(C)CCc2cc[nH]c2)n1. The van der Waals surface area contributed by atoms with Gasteiger partial charge in [-0.05, 0) is 25.0 Å². The van der Waals surface area contributed by atoms with Gasteiger partial charge in [0, 0.05) is 32.1 Å². The van der Waals surface area contributed by atoms with Crippen LogP contribution >= 0.6 is 0 Å². The summed E-state index contributed by atoms with van der Waals surface area (Å²) in [5.41, 5.74) is 1.67. The molecule has 0 aliphatic rings. The third-order valence-corrected chi connectivity index (χ3v) is 2.73. The van der Waals surface area contributed by atoms with E-state index in [1.54, 1.807) is 13.0 Å². The van der Waals surface area contributed by atoms with Gasteiger partial charge in [-0.25, -0.2) is 9.97 Å². The van der Waals surface area contributed by atoms with Crippen molar-refractivity contribution in [1.82, 2.24) is 15.0 Å². The van der Waals surface area contributed by atoms with Gasteiger partial charge in [0.1, 0.15) is 23.4 Å². The van der Waals surface area contributed by atoms with Crippen LogP contribution in [0.4, 0.5) is 5.82 Å². The monoisotopic (exact) mass is 241 g/mol. The molecule has 2 aromatic heterocycles. The molecule has 5 nitrogen and oxygen atoms in total. The van der Waals surface area contributed by atoms with E-state index in [4.69, 9.17) is 5.26 Å². The molecule has 0 radical (unpaired) electrons. The van der Waals surface area contributed by atoms with E-state index in [0.29, 0.717) is 11.5 Å². The topological polar surface area (TPSA) is 68.6 Å². The first-order chi connectivity index (χ1) is 8.69. The Labute approximate surface area is 106 Å². The molecule has 0 atom stereocenters. The molecule has 0 aliphatic heterocycles. The average Bonchev–Trinajstić information content (AvgIpc) is 2.88. The summed E-state index contributed by atoms with van der Waals surface area (Å²) in [4.78, 5) is 13.4. The van der Waals surface area contributed by atoms with E-state index < -0.39 is 0 Å². The molecule has 1 N–H and O–H groups in total. The number of hydrogen-bond donors (Lipinski definition) is 1. The zero-order chi connectivity index (χ0) is 13.0. The molecule has 5 heteroatoms. The highest BCUT2D eigenvalue weighted by atomic mass is 15.2. The van der Waals surface area contributed by atoms with Gasteiger partial charge in [-0.3, -0.25) is 0 Å². The van der Waals surface area contributed by atoms with Gasteiger partial charge in [0.05, 0.1) is 0 Å². The van der Waals surface area contributed by atoms with Crippen molar-refractivity contribution in [2.24, 2.45) is 0 Å². The number of H-pyrrole nitrogens is 1. The Morgan fingerprint density at radius 3 is 2.94 bits per heavy atom. The minimum atomic E-state index is 0.408. The fourth-order valence-electron chi connectivity index (χ4n) is 1.73. The normalized spacial score (nSPS) is 10.1. The van der Waals surface area contributed by atoms with Crippen molar-refractivity contribution in [2.45, 2.75) is 13.3 Å². The number of anilines is 1. The number of hydrogen-bond acceptors (Lipinski definition) is 4. The van der Waals surface area contributed by atoms with Crippen LogP contribution in [0.1, 0.15) is 17.1 Å². The van der Waals surface area contributed by atoms with Crippen molar-refractivity contribution in [2.75, 3.05) is 18.5 Å². The summed E-state index contributed by atoms with van der Waals surface area (Å²) < 4.78 is 0. The van der Waals surface area contributed by atoms with Gasteiger partial charge >= 0.3 is 0 Å². The highest BCUT2D eigenvalue weighted by Gasteiger charge is 2.06. The molecule has 0 aliphatic carbocycles. The van der Waals surface area contributed by atoms with Crippen LogP contribution in [0.25, 0.3) is 0 Å². The standard InChI is InChI=1S/C13H15N5/c1-10-16-12(8-14)7-13(17-10)18(2)6-4-11-3-5-15-9-11/h3,5,7,9,15H,4,6H2,1-2H3. The first kappa shape index (κ1) is 12.1. The maximum Gasteiger partial charge on any atom is 0.146 e. The maximum atomic E-state index is 8.89. The molecular formula is C13H15N5. The van der Waals surface area contributed by atoms with Crippen LogP contribution in [0.2, 0.25) is 0 Å². The Kier molecular flexibility index (Phi) is 3.58. The summed E-state index contributed by atoms with van der Waals surface area (Å²) in [6, 6.07) is 5.82. The van der Waals surface area contributed by atoms with E-state index in [9.17, 15) is 0 Å². The lowest BCUT2D eigenvalue weighted by Crippen LogP contribution is -2.22. The van der Waals surface area contributed by atoms with E-state index >= 15 is 0 Å². The molecule has 2 heterocycles. The van der Waals surface area contributed by atoms with Crippen LogP contribution in [0, 0.1) is 18.3 Å². The first-order valence-corrected chi connectivity index (χ1v) is 5.77. The molecule has 18 heavy (non-hydrogen) atoms. The number of aromatic amines is 1. The summed E-state index contributed by atoms with van der Waals surface area (Å²) in [6.45, 7) is 2.64. The minimum absolute atomic E-state index is 0.408. The van der Waals surface area contributed by atoms with Crippen LogP contribution in [0.5, 0.6) is 0 Å². The minimum Gasteiger partial charge on any atom is -0.367 e. The van der Waals surface area contributed by atoms with Crippen molar-refractivity contribution < 1.29 is 0 Å². The highest BCUT2D eigenvalue weighted by Crippen LogP contribution is 2.11. The number of rotatable bonds is 4. The second kappa shape index (κ2) is 5.32. The van der Waals surface area contributed by atoms with Crippen LogP contribution in [0.15, 0.2) is 24.5 Å². The third-order valence-electron chi connectivity index (χ3n) is 2.73. The van der Waals surface area contributed by atoms with E-state index in [1.807, 2.05) is 30.4 Å². The quantitative estimate of drug-likeness (QED) is 0.884. The van der Waals surface area contributed by atoms with Crippen LogP contribution in [0.3, 0.4) is 0 Å². The van der Waals surface area contributed by atoms with Crippen LogP contribution < -0.4 is 4.90 Å². The fraction of sp³-hybridized carbons (Fsp3) is 0.308. The third kappa shape index (κ3) is 2.86. The second-order valence-corrected chi connectivity index (χ2v) is 4.16. The van der Waals surface area contributed by atoms with Crippen LogP contribution in [-0.4, -0.2) is 28.5 Å². The Bertz CT molecular complexity index is 553. The fourth-order valence-corrected chi connectivity index (χ4v) is 1.73. The highest BCUT2D eigenvalue weighted by molar-refractivity contribution is 5.42. The second-order valence-electron chi connectivity index (χ2n) is 4.16. The van der Waals surface area contributed by atoms with E-state index in [0.717, 1.165) is 18.8 Å². The number of aromatic nitrogens is 3. The lowest BCUT2D eigenvalue weighted by atomic mass is 10.2. The lowest BCUT2D eigenvalue weighted by Gasteiger charge is -2.18. The zero-order valence-corrected chi connectivity index (χ0v) is 10.5.